The van der Waals surface area contributed by atoms with E-state index in [4.69, 9.17) is 4.98 Å². The van der Waals surface area contributed by atoms with Crippen LogP contribution in [-0.4, -0.2) is 18.2 Å². The molecule has 1 aromatic rings. The molecule has 2 atom stereocenters. The Morgan fingerprint density at radius 3 is 3.00 bits per heavy atom. The zero-order valence-corrected chi connectivity index (χ0v) is 18.0. The van der Waals surface area contributed by atoms with Crippen molar-refractivity contribution < 1.29 is 0 Å². The van der Waals surface area contributed by atoms with Crippen LogP contribution in [0.5, 0.6) is 0 Å². The van der Waals surface area contributed by atoms with Crippen molar-refractivity contribution in [2.24, 2.45) is 10.4 Å². The maximum Gasteiger partial charge on any atom is 0.0522 e. The van der Waals surface area contributed by atoms with E-state index in [1.54, 1.807) is 0 Å². The van der Waals surface area contributed by atoms with Crippen molar-refractivity contribution in [1.29, 1.82) is 0 Å². The Morgan fingerprint density at radius 2 is 2.25 bits per heavy atom. The lowest BCUT2D eigenvalue weighted by atomic mass is 9.66. The Bertz CT molecular complexity index is 784. The van der Waals surface area contributed by atoms with Gasteiger partial charge in [0.25, 0.3) is 0 Å². The van der Waals surface area contributed by atoms with Crippen molar-refractivity contribution in [3.63, 3.8) is 0 Å². The van der Waals surface area contributed by atoms with Gasteiger partial charge < -0.3 is 0 Å². The van der Waals surface area contributed by atoms with E-state index in [0.29, 0.717) is 11.3 Å². The molecular weight excluding hydrogens is 340 g/mol. The number of aliphatic imine (C=N–C) groups is 1. The van der Waals surface area contributed by atoms with Crippen LogP contribution in [0.1, 0.15) is 88.0 Å². The molecule has 2 unspecified atom stereocenters. The third-order valence-electron chi connectivity index (χ3n) is 6.60. The number of hydrogen-bond acceptors (Lipinski definition) is 2. The minimum absolute atomic E-state index is 0.487. The summed E-state index contributed by atoms with van der Waals surface area (Å²) in [6.07, 6.45) is 21.9. The van der Waals surface area contributed by atoms with E-state index in [9.17, 15) is 0 Å². The number of unbranched alkanes of at least 4 members (excludes halogenated alkanes) is 2. The topological polar surface area (TPSA) is 25.2 Å². The number of hydrogen-bond donors (Lipinski definition) is 0. The molecule has 28 heavy (non-hydrogen) atoms. The predicted octanol–water partition coefficient (Wildman–Crippen LogP) is 7.08. The van der Waals surface area contributed by atoms with Crippen LogP contribution in [0.2, 0.25) is 0 Å². The molecule has 2 heteroatoms. The average Bonchev–Trinajstić information content (AvgIpc) is 3.12. The van der Waals surface area contributed by atoms with Crippen molar-refractivity contribution >= 4 is 11.8 Å². The van der Waals surface area contributed by atoms with Crippen LogP contribution in [0.25, 0.3) is 5.57 Å². The number of nitrogens with zero attached hydrogens (tertiary/aromatic N) is 2. The molecule has 1 fully saturated rings. The van der Waals surface area contributed by atoms with E-state index in [0.717, 1.165) is 12.0 Å². The van der Waals surface area contributed by atoms with Gasteiger partial charge >= 0.3 is 0 Å². The van der Waals surface area contributed by atoms with E-state index in [1.165, 1.54) is 73.8 Å². The fourth-order valence-electron chi connectivity index (χ4n) is 5.23. The number of allylic oxidation sites excluding steroid dienone is 5. The van der Waals surface area contributed by atoms with Crippen molar-refractivity contribution in [3.05, 3.63) is 59.5 Å². The van der Waals surface area contributed by atoms with Gasteiger partial charge in [-0.3, -0.25) is 9.98 Å². The summed E-state index contributed by atoms with van der Waals surface area (Å²) in [6.45, 7) is 8.72. The highest BCUT2D eigenvalue weighted by atomic mass is 14.7. The van der Waals surface area contributed by atoms with Gasteiger partial charge in [0, 0.05) is 31.4 Å². The zero-order chi connectivity index (χ0) is 20.0. The highest BCUT2D eigenvalue weighted by Gasteiger charge is 2.34. The number of rotatable bonds is 8. The van der Waals surface area contributed by atoms with Crippen LogP contribution >= 0.6 is 0 Å². The maximum atomic E-state index is 4.72. The van der Waals surface area contributed by atoms with E-state index >= 15 is 0 Å². The van der Waals surface area contributed by atoms with Crippen LogP contribution in [0.3, 0.4) is 0 Å². The largest absolute Gasteiger partial charge is 0.296 e. The van der Waals surface area contributed by atoms with Crippen molar-refractivity contribution in [2.75, 3.05) is 7.05 Å². The van der Waals surface area contributed by atoms with E-state index in [-0.39, 0.29) is 0 Å². The molecule has 1 heterocycles. The minimum Gasteiger partial charge on any atom is -0.296 e. The summed E-state index contributed by atoms with van der Waals surface area (Å²) in [5.41, 5.74) is 7.04. The third-order valence-corrected chi connectivity index (χ3v) is 6.60. The molecule has 2 aliphatic rings. The fraction of sp³-hybridized carbons (Fsp3) is 0.538. The normalized spacial score (nSPS) is 25.0. The van der Waals surface area contributed by atoms with Gasteiger partial charge in [-0.05, 0) is 59.8 Å². The number of pyridine rings is 1. The van der Waals surface area contributed by atoms with Crippen LogP contribution in [0, 0.1) is 5.41 Å². The molecule has 150 valence electrons. The third kappa shape index (κ3) is 4.54. The zero-order valence-electron chi connectivity index (χ0n) is 18.0. The van der Waals surface area contributed by atoms with Crippen molar-refractivity contribution in [1.82, 2.24) is 4.98 Å². The molecule has 0 radical (unpaired) electrons. The Labute approximate surface area is 171 Å². The van der Waals surface area contributed by atoms with E-state index in [2.05, 4.69) is 43.6 Å². The second kappa shape index (κ2) is 9.49. The highest BCUT2D eigenvalue weighted by molar-refractivity contribution is 6.03. The Balaban J connectivity index is 1.90. The van der Waals surface area contributed by atoms with Crippen LogP contribution in [0.15, 0.2) is 47.6 Å². The molecule has 1 aromatic heterocycles. The first-order chi connectivity index (χ1) is 13.6. The molecule has 0 aromatic carbocycles. The molecule has 0 spiro atoms. The summed E-state index contributed by atoms with van der Waals surface area (Å²) in [6, 6.07) is 2.29. The van der Waals surface area contributed by atoms with Gasteiger partial charge in [-0.15, -0.1) is 0 Å². The highest BCUT2D eigenvalue weighted by Crippen LogP contribution is 2.49. The fourth-order valence-corrected chi connectivity index (χ4v) is 5.23. The van der Waals surface area contributed by atoms with Gasteiger partial charge in [-0.2, -0.15) is 0 Å². The smallest absolute Gasteiger partial charge is 0.0522 e. The summed E-state index contributed by atoms with van der Waals surface area (Å²) >= 11 is 0. The SMILES string of the molecule is C=C/C=C(\C=NC)C1=CCc2nccc(C3CCCC(C)(CCCCC)C3)c21. The maximum absolute atomic E-state index is 4.72. The van der Waals surface area contributed by atoms with E-state index < -0.39 is 0 Å². The second-order valence-electron chi connectivity index (χ2n) is 8.85. The molecule has 3 rings (SSSR count). The van der Waals surface area contributed by atoms with Crippen molar-refractivity contribution in [3.8, 4) is 0 Å². The minimum atomic E-state index is 0.487. The first kappa shape index (κ1) is 20.8. The number of aromatic nitrogens is 1. The van der Waals surface area contributed by atoms with Gasteiger partial charge in [0.05, 0.1) is 5.69 Å². The molecule has 0 amide bonds. The van der Waals surface area contributed by atoms with Gasteiger partial charge in [0.15, 0.2) is 0 Å². The molecule has 0 N–H and O–H groups in total. The molecular formula is C26H36N2. The Morgan fingerprint density at radius 1 is 1.39 bits per heavy atom. The van der Waals surface area contributed by atoms with Crippen LogP contribution < -0.4 is 0 Å². The van der Waals surface area contributed by atoms with Crippen LogP contribution in [-0.2, 0) is 6.42 Å². The lowest BCUT2D eigenvalue weighted by molar-refractivity contribution is 0.173. The standard InChI is InChI=1S/C26H36N2/c1-5-7-8-15-26(3)16-9-11-20(18-26)23-14-17-28-24-13-12-22(25(23)24)21(10-6-2)19-27-4/h6,10,12,14,17,19-20H,2,5,7-9,11,13,15-16,18H2,1,3-4H3/b21-10+,27-19?. The summed E-state index contributed by atoms with van der Waals surface area (Å²) in [7, 11) is 1.83. The van der Waals surface area contributed by atoms with Gasteiger partial charge in [0.1, 0.15) is 0 Å². The Kier molecular flexibility index (Phi) is 7.04. The molecule has 0 saturated heterocycles. The molecule has 2 aliphatic carbocycles. The average molecular weight is 377 g/mol. The summed E-state index contributed by atoms with van der Waals surface area (Å²) in [4.78, 5) is 8.99. The van der Waals surface area contributed by atoms with Crippen LogP contribution in [0.4, 0.5) is 0 Å². The molecule has 0 aliphatic heterocycles. The van der Waals surface area contributed by atoms with E-state index in [1.807, 2.05) is 25.5 Å². The second-order valence-corrected chi connectivity index (χ2v) is 8.85. The summed E-state index contributed by atoms with van der Waals surface area (Å²) in [5, 5.41) is 0. The molecule has 0 bridgehead atoms. The first-order valence-electron chi connectivity index (χ1n) is 11.1. The Hall–Kier alpha value is -1.96. The molecule has 2 nitrogen and oxygen atoms in total. The molecule has 1 saturated carbocycles. The summed E-state index contributed by atoms with van der Waals surface area (Å²) in [5.74, 6) is 0.641. The first-order valence-corrected chi connectivity index (χ1v) is 11.1. The quantitative estimate of drug-likeness (QED) is 0.270. The lowest BCUT2D eigenvalue weighted by Gasteiger charge is -2.39. The van der Waals surface area contributed by atoms with Crippen molar-refractivity contribution in [2.45, 2.75) is 77.6 Å². The van der Waals surface area contributed by atoms with Gasteiger partial charge in [0.2, 0.25) is 0 Å². The monoisotopic (exact) mass is 376 g/mol. The number of fused-ring (bicyclic) bond motifs is 1. The lowest BCUT2D eigenvalue weighted by Crippen LogP contribution is -2.25. The summed E-state index contributed by atoms with van der Waals surface area (Å²) < 4.78 is 0. The van der Waals surface area contributed by atoms with Gasteiger partial charge in [-0.25, -0.2) is 0 Å². The predicted molar refractivity (Wildman–Crippen MR) is 122 cm³/mol. The van der Waals surface area contributed by atoms with Gasteiger partial charge in [-0.1, -0.05) is 64.3 Å².